The van der Waals surface area contributed by atoms with Crippen molar-refractivity contribution in [3.8, 4) is 0 Å². The molecule has 0 amide bonds. The lowest BCUT2D eigenvalue weighted by atomic mass is 9.80. The Labute approximate surface area is 104 Å². The van der Waals surface area contributed by atoms with Crippen molar-refractivity contribution in [2.45, 2.75) is 44.3 Å². The topological polar surface area (TPSA) is 18.5 Å². The average Bonchev–Trinajstić information content (AvgIpc) is 2.39. The van der Waals surface area contributed by atoms with Crippen LogP contribution in [-0.4, -0.2) is 26.4 Å². The first-order chi connectivity index (χ1) is 8.22. The Hall–Kier alpha value is -0.860. The van der Waals surface area contributed by atoms with E-state index in [-0.39, 0.29) is 0 Å². The fourth-order valence-electron chi connectivity index (χ4n) is 2.71. The number of ether oxygens (including phenoxy) is 2. The summed E-state index contributed by atoms with van der Waals surface area (Å²) in [6, 6.07) is 8.86. The van der Waals surface area contributed by atoms with Gasteiger partial charge in [-0.3, -0.25) is 0 Å². The Morgan fingerprint density at radius 2 is 1.41 bits per heavy atom. The van der Waals surface area contributed by atoms with Gasteiger partial charge in [0.15, 0.2) is 0 Å². The van der Waals surface area contributed by atoms with E-state index in [2.05, 4.69) is 31.2 Å². The zero-order chi connectivity index (χ0) is 12.3. The SMILES string of the molecule is COC1CC(OC)CC(c2ccc(C)cc2)C1. The van der Waals surface area contributed by atoms with E-state index in [0.717, 1.165) is 19.3 Å². The highest BCUT2D eigenvalue weighted by molar-refractivity contribution is 5.25. The summed E-state index contributed by atoms with van der Waals surface area (Å²) in [6.07, 6.45) is 3.91. The Balaban J connectivity index is 2.11. The van der Waals surface area contributed by atoms with E-state index in [4.69, 9.17) is 9.47 Å². The number of benzene rings is 1. The molecular formula is C15H22O2. The van der Waals surface area contributed by atoms with Crippen molar-refractivity contribution in [2.75, 3.05) is 14.2 Å². The highest BCUT2D eigenvalue weighted by Gasteiger charge is 2.29. The van der Waals surface area contributed by atoms with E-state index in [1.54, 1.807) is 14.2 Å². The molecule has 1 saturated carbocycles. The monoisotopic (exact) mass is 234 g/mol. The molecule has 0 N–H and O–H groups in total. The van der Waals surface area contributed by atoms with Crippen LogP contribution in [0.2, 0.25) is 0 Å². The Kier molecular flexibility index (Phi) is 4.19. The van der Waals surface area contributed by atoms with Crippen LogP contribution in [0.5, 0.6) is 0 Å². The maximum Gasteiger partial charge on any atom is 0.0601 e. The van der Waals surface area contributed by atoms with Crippen LogP contribution < -0.4 is 0 Å². The quantitative estimate of drug-likeness (QED) is 0.799. The van der Waals surface area contributed by atoms with Gasteiger partial charge in [0.05, 0.1) is 12.2 Å². The molecule has 2 rings (SSSR count). The summed E-state index contributed by atoms with van der Waals surface area (Å²) < 4.78 is 11.0. The van der Waals surface area contributed by atoms with Gasteiger partial charge < -0.3 is 9.47 Å². The number of hydrogen-bond donors (Lipinski definition) is 0. The molecule has 2 nitrogen and oxygen atoms in total. The molecule has 0 aliphatic heterocycles. The van der Waals surface area contributed by atoms with Gasteiger partial charge in [-0.05, 0) is 37.7 Å². The van der Waals surface area contributed by atoms with Gasteiger partial charge in [0, 0.05) is 14.2 Å². The van der Waals surface area contributed by atoms with E-state index in [9.17, 15) is 0 Å². The van der Waals surface area contributed by atoms with Crippen LogP contribution >= 0.6 is 0 Å². The fourth-order valence-corrected chi connectivity index (χ4v) is 2.71. The van der Waals surface area contributed by atoms with Gasteiger partial charge in [0.2, 0.25) is 0 Å². The van der Waals surface area contributed by atoms with E-state index in [1.807, 2.05) is 0 Å². The minimum atomic E-state index is 0.333. The van der Waals surface area contributed by atoms with Gasteiger partial charge in [0.1, 0.15) is 0 Å². The molecule has 0 bridgehead atoms. The summed E-state index contributed by atoms with van der Waals surface area (Å²) in [5.41, 5.74) is 2.73. The summed E-state index contributed by atoms with van der Waals surface area (Å²) in [4.78, 5) is 0. The smallest absolute Gasteiger partial charge is 0.0601 e. The van der Waals surface area contributed by atoms with Crippen LogP contribution in [-0.2, 0) is 9.47 Å². The second-order valence-electron chi connectivity index (χ2n) is 5.03. The average molecular weight is 234 g/mol. The van der Waals surface area contributed by atoms with Gasteiger partial charge in [-0.1, -0.05) is 29.8 Å². The molecule has 0 aromatic heterocycles. The molecule has 2 unspecified atom stereocenters. The largest absolute Gasteiger partial charge is 0.381 e. The first-order valence-corrected chi connectivity index (χ1v) is 6.35. The summed E-state index contributed by atoms with van der Waals surface area (Å²) in [5, 5.41) is 0. The third-order valence-corrected chi connectivity index (χ3v) is 3.84. The van der Waals surface area contributed by atoms with E-state index in [1.165, 1.54) is 11.1 Å². The molecule has 1 aromatic rings. The third-order valence-electron chi connectivity index (χ3n) is 3.84. The van der Waals surface area contributed by atoms with Crippen LogP contribution in [0.1, 0.15) is 36.3 Å². The molecule has 1 aromatic carbocycles. The van der Waals surface area contributed by atoms with Crippen molar-refractivity contribution in [2.24, 2.45) is 0 Å². The molecule has 17 heavy (non-hydrogen) atoms. The van der Waals surface area contributed by atoms with Gasteiger partial charge in [-0.15, -0.1) is 0 Å². The van der Waals surface area contributed by atoms with Gasteiger partial charge in [-0.25, -0.2) is 0 Å². The fraction of sp³-hybridized carbons (Fsp3) is 0.600. The molecule has 2 atom stereocenters. The lowest BCUT2D eigenvalue weighted by molar-refractivity contribution is -0.0170. The van der Waals surface area contributed by atoms with Crippen molar-refractivity contribution in [3.63, 3.8) is 0 Å². The van der Waals surface area contributed by atoms with Crippen molar-refractivity contribution in [1.29, 1.82) is 0 Å². The Morgan fingerprint density at radius 3 is 1.88 bits per heavy atom. The van der Waals surface area contributed by atoms with Crippen LogP contribution in [0, 0.1) is 6.92 Å². The van der Waals surface area contributed by atoms with Crippen LogP contribution in [0.15, 0.2) is 24.3 Å². The third kappa shape index (κ3) is 3.08. The van der Waals surface area contributed by atoms with Gasteiger partial charge >= 0.3 is 0 Å². The van der Waals surface area contributed by atoms with Crippen LogP contribution in [0.3, 0.4) is 0 Å². The van der Waals surface area contributed by atoms with Crippen molar-refractivity contribution < 1.29 is 9.47 Å². The minimum Gasteiger partial charge on any atom is -0.381 e. The lowest BCUT2D eigenvalue weighted by Crippen LogP contribution is -2.31. The highest BCUT2D eigenvalue weighted by atomic mass is 16.5. The summed E-state index contributed by atoms with van der Waals surface area (Å²) in [5.74, 6) is 0.569. The molecule has 0 spiro atoms. The maximum atomic E-state index is 5.52. The maximum absolute atomic E-state index is 5.52. The number of methoxy groups -OCH3 is 2. The molecule has 0 heterocycles. The Morgan fingerprint density at radius 1 is 0.882 bits per heavy atom. The van der Waals surface area contributed by atoms with E-state index >= 15 is 0 Å². The zero-order valence-corrected chi connectivity index (χ0v) is 11.0. The first-order valence-electron chi connectivity index (χ1n) is 6.35. The minimum absolute atomic E-state index is 0.333. The van der Waals surface area contributed by atoms with Crippen molar-refractivity contribution >= 4 is 0 Å². The van der Waals surface area contributed by atoms with E-state index in [0.29, 0.717) is 18.1 Å². The zero-order valence-electron chi connectivity index (χ0n) is 11.0. The normalized spacial score (nSPS) is 29.2. The first kappa shape index (κ1) is 12.6. The summed E-state index contributed by atoms with van der Waals surface area (Å²) >= 11 is 0. The van der Waals surface area contributed by atoms with E-state index < -0.39 is 0 Å². The van der Waals surface area contributed by atoms with Crippen LogP contribution in [0.4, 0.5) is 0 Å². The predicted molar refractivity (Wildman–Crippen MR) is 69.4 cm³/mol. The molecule has 0 radical (unpaired) electrons. The molecule has 1 aliphatic rings. The molecule has 2 heteroatoms. The molecule has 1 aliphatic carbocycles. The van der Waals surface area contributed by atoms with Crippen molar-refractivity contribution in [1.82, 2.24) is 0 Å². The molecule has 94 valence electrons. The van der Waals surface area contributed by atoms with Crippen LogP contribution in [0.25, 0.3) is 0 Å². The summed E-state index contributed by atoms with van der Waals surface area (Å²) in [6.45, 7) is 2.13. The number of hydrogen-bond acceptors (Lipinski definition) is 2. The second kappa shape index (κ2) is 5.65. The molecule has 0 saturated heterocycles. The second-order valence-corrected chi connectivity index (χ2v) is 5.03. The molecule has 1 fully saturated rings. The standard InChI is InChI=1S/C15H22O2/c1-11-4-6-12(7-5-11)13-8-14(16-2)10-15(9-13)17-3/h4-7,13-15H,8-10H2,1-3H3. The molecular weight excluding hydrogens is 212 g/mol. The predicted octanol–water partition coefficient (Wildman–Crippen LogP) is 3.29. The highest BCUT2D eigenvalue weighted by Crippen LogP contribution is 2.35. The Bertz CT molecular complexity index is 332. The number of rotatable bonds is 3. The van der Waals surface area contributed by atoms with Gasteiger partial charge in [-0.2, -0.15) is 0 Å². The summed E-state index contributed by atoms with van der Waals surface area (Å²) in [7, 11) is 3.60. The number of aryl methyl sites for hydroxylation is 1. The van der Waals surface area contributed by atoms with Gasteiger partial charge in [0.25, 0.3) is 0 Å². The lowest BCUT2D eigenvalue weighted by Gasteiger charge is -2.33. The van der Waals surface area contributed by atoms with Crippen molar-refractivity contribution in [3.05, 3.63) is 35.4 Å².